The van der Waals surface area contributed by atoms with Crippen LogP contribution in [0, 0.1) is 0 Å². The fourth-order valence-corrected chi connectivity index (χ4v) is 2.34. The van der Waals surface area contributed by atoms with Crippen molar-refractivity contribution in [2.75, 3.05) is 27.4 Å². The lowest BCUT2D eigenvalue weighted by Gasteiger charge is -2.17. The van der Waals surface area contributed by atoms with Crippen LogP contribution >= 0.6 is 0 Å². The lowest BCUT2D eigenvalue weighted by atomic mass is 10.1. The van der Waals surface area contributed by atoms with Gasteiger partial charge in [-0.05, 0) is 48.9 Å². The number of hydrogen-bond donors (Lipinski definition) is 1. The molecule has 0 radical (unpaired) electrons. The molecule has 0 aliphatic carbocycles. The Balaban J connectivity index is 1.97. The summed E-state index contributed by atoms with van der Waals surface area (Å²) in [5, 5.41) is 2.89. The maximum Gasteiger partial charge on any atom is 0.251 e. The van der Waals surface area contributed by atoms with Crippen molar-refractivity contribution in [3.63, 3.8) is 0 Å². The first-order valence-corrected chi connectivity index (χ1v) is 7.85. The standard InChI is InChI=1S/C19H23NO4/c1-4-24-16-10-8-14(9-11-16)19(21)20-13-18(23-3)15-6-5-7-17(12-15)22-2/h5-12,18H,4,13H2,1-3H3,(H,20,21). The molecular formula is C19H23NO4. The zero-order chi connectivity index (χ0) is 17.4. The average Bonchev–Trinajstić information content (AvgIpc) is 2.63. The molecule has 0 aromatic heterocycles. The third kappa shape index (κ3) is 4.73. The largest absolute Gasteiger partial charge is 0.497 e. The third-order valence-corrected chi connectivity index (χ3v) is 3.63. The molecule has 0 fully saturated rings. The van der Waals surface area contributed by atoms with Crippen molar-refractivity contribution in [1.29, 1.82) is 0 Å². The number of rotatable bonds is 8. The van der Waals surface area contributed by atoms with E-state index in [0.717, 1.165) is 17.1 Å². The molecule has 0 bridgehead atoms. The number of methoxy groups -OCH3 is 2. The van der Waals surface area contributed by atoms with Crippen LogP contribution < -0.4 is 14.8 Å². The summed E-state index contributed by atoms with van der Waals surface area (Å²) in [6.45, 7) is 2.89. The molecule has 5 heteroatoms. The Morgan fingerprint density at radius 1 is 1.08 bits per heavy atom. The smallest absolute Gasteiger partial charge is 0.251 e. The van der Waals surface area contributed by atoms with Gasteiger partial charge in [0.2, 0.25) is 0 Å². The zero-order valence-corrected chi connectivity index (χ0v) is 14.2. The van der Waals surface area contributed by atoms with Gasteiger partial charge in [0.15, 0.2) is 0 Å². The first-order chi connectivity index (χ1) is 11.7. The van der Waals surface area contributed by atoms with Crippen LogP contribution in [0.2, 0.25) is 0 Å². The second-order valence-electron chi connectivity index (χ2n) is 5.17. The zero-order valence-electron chi connectivity index (χ0n) is 14.2. The highest BCUT2D eigenvalue weighted by molar-refractivity contribution is 5.94. The van der Waals surface area contributed by atoms with Gasteiger partial charge in [0, 0.05) is 19.2 Å². The maximum absolute atomic E-state index is 12.3. The summed E-state index contributed by atoms with van der Waals surface area (Å²) in [7, 11) is 3.24. The predicted molar refractivity (Wildman–Crippen MR) is 92.7 cm³/mol. The van der Waals surface area contributed by atoms with E-state index in [4.69, 9.17) is 14.2 Å². The Kier molecular flexibility index (Phi) is 6.63. The molecular weight excluding hydrogens is 306 g/mol. The van der Waals surface area contributed by atoms with Crippen LogP contribution in [0.15, 0.2) is 48.5 Å². The van der Waals surface area contributed by atoms with Crippen LogP contribution in [0.3, 0.4) is 0 Å². The fourth-order valence-electron chi connectivity index (χ4n) is 2.34. The minimum Gasteiger partial charge on any atom is -0.497 e. The van der Waals surface area contributed by atoms with Gasteiger partial charge < -0.3 is 19.5 Å². The second kappa shape index (κ2) is 8.93. The lowest BCUT2D eigenvalue weighted by molar-refractivity contribution is 0.0827. The van der Waals surface area contributed by atoms with Crippen LogP contribution in [-0.2, 0) is 4.74 Å². The van der Waals surface area contributed by atoms with Crippen molar-refractivity contribution in [1.82, 2.24) is 5.32 Å². The Bertz CT molecular complexity index is 655. The van der Waals surface area contributed by atoms with E-state index in [2.05, 4.69) is 5.32 Å². The van der Waals surface area contributed by atoms with E-state index in [1.807, 2.05) is 31.2 Å². The Labute approximate surface area is 142 Å². The van der Waals surface area contributed by atoms with Crippen molar-refractivity contribution >= 4 is 5.91 Å². The first kappa shape index (κ1) is 17.8. The van der Waals surface area contributed by atoms with E-state index in [-0.39, 0.29) is 12.0 Å². The molecule has 1 N–H and O–H groups in total. The molecule has 5 nitrogen and oxygen atoms in total. The Morgan fingerprint density at radius 3 is 2.46 bits per heavy atom. The molecule has 0 spiro atoms. The van der Waals surface area contributed by atoms with Crippen LogP contribution in [0.1, 0.15) is 28.9 Å². The first-order valence-electron chi connectivity index (χ1n) is 7.85. The topological polar surface area (TPSA) is 56.8 Å². The molecule has 1 atom stereocenters. The molecule has 1 unspecified atom stereocenters. The summed E-state index contributed by atoms with van der Waals surface area (Å²) in [5.41, 5.74) is 1.53. The van der Waals surface area contributed by atoms with Crippen molar-refractivity contribution in [3.8, 4) is 11.5 Å². The number of carbonyl (C=O) groups excluding carboxylic acids is 1. The lowest BCUT2D eigenvalue weighted by Crippen LogP contribution is -2.29. The summed E-state index contributed by atoms with van der Waals surface area (Å²) in [4.78, 5) is 12.3. The van der Waals surface area contributed by atoms with E-state index in [1.165, 1.54) is 0 Å². The molecule has 0 saturated carbocycles. The van der Waals surface area contributed by atoms with Gasteiger partial charge in [-0.25, -0.2) is 0 Å². The predicted octanol–water partition coefficient (Wildman–Crippen LogP) is 3.21. The Morgan fingerprint density at radius 2 is 1.83 bits per heavy atom. The van der Waals surface area contributed by atoms with Gasteiger partial charge in [-0.3, -0.25) is 4.79 Å². The van der Waals surface area contributed by atoms with Crippen molar-refractivity contribution < 1.29 is 19.0 Å². The van der Waals surface area contributed by atoms with Crippen molar-refractivity contribution in [2.24, 2.45) is 0 Å². The number of nitrogens with one attached hydrogen (secondary N) is 1. The summed E-state index contributed by atoms with van der Waals surface area (Å²) >= 11 is 0. The number of hydrogen-bond acceptors (Lipinski definition) is 4. The quantitative estimate of drug-likeness (QED) is 0.808. The van der Waals surface area contributed by atoms with E-state index >= 15 is 0 Å². The van der Waals surface area contributed by atoms with E-state index < -0.39 is 0 Å². The van der Waals surface area contributed by atoms with Gasteiger partial charge in [0.05, 0.1) is 19.8 Å². The van der Waals surface area contributed by atoms with Gasteiger partial charge in [-0.2, -0.15) is 0 Å². The number of ether oxygens (including phenoxy) is 3. The van der Waals surface area contributed by atoms with Crippen LogP contribution in [-0.4, -0.2) is 33.3 Å². The molecule has 2 rings (SSSR count). The minimum absolute atomic E-state index is 0.150. The summed E-state index contributed by atoms with van der Waals surface area (Å²) < 4.78 is 16.1. The van der Waals surface area contributed by atoms with Gasteiger partial charge in [0.1, 0.15) is 11.5 Å². The maximum atomic E-state index is 12.3. The van der Waals surface area contributed by atoms with Crippen LogP contribution in [0.5, 0.6) is 11.5 Å². The van der Waals surface area contributed by atoms with E-state index in [1.54, 1.807) is 38.5 Å². The molecule has 128 valence electrons. The molecule has 24 heavy (non-hydrogen) atoms. The van der Waals surface area contributed by atoms with Gasteiger partial charge in [-0.1, -0.05) is 12.1 Å². The van der Waals surface area contributed by atoms with Gasteiger partial charge in [-0.15, -0.1) is 0 Å². The molecule has 0 aliphatic rings. The average molecular weight is 329 g/mol. The summed E-state index contributed by atoms with van der Waals surface area (Å²) in [6, 6.07) is 14.7. The molecule has 0 heterocycles. The van der Waals surface area contributed by atoms with Crippen molar-refractivity contribution in [3.05, 3.63) is 59.7 Å². The Hall–Kier alpha value is -2.53. The minimum atomic E-state index is -0.244. The summed E-state index contributed by atoms with van der Waals surface area (Å²) in [6.07, 6.45) is -0.244. The number of benzene rings is 2. The molecule has 2 aromatic rings. The van der Waals surface area contributed by atoms with Crippen LogP contribution in [0.25, 0.3) is 0 Å². The van der Waals surface area contributed by atoms with E-state index in [9.17, 15) is 4.79 Å². The fraction of sp³-hybridized carbons (Fsp3) is 0.316. The normalized spacial score (nSPS) is 11.6. The SMILES string of the molecule is CCOc1ccc(C(=O)NCC(OC)c2cccc(OC)c2)cc1. The highest BCUT2D eigenvalue weighted by atomic mass is 16.5. The van der Waals surface area contributed by atoms with E-state index in [0.29, 0.717) is 18.7 Å². The third-order valence-electron chi connectivity index (χ3n) is 3.63. The second-order valence-corrected chi connectivity index (χ2v) is 5.17. The molecule has 2 aromatic carbocycles. The molecule has 1 amide bonds. The monoisotopic (exact) mass is 329 g/mol. The number of carbonyl (C=O) groups is 1. The summed E-state index contributed by atoms with van der Waals surface area (Å²) in [5.74, 6) is 1.36. The number of amides is 1. The highest BCUT2D eigenvalue weighted by Gasteiger charge is 2.14. The van der Waals surface area contributed by atoms with Gasteiger partial charge >= 0.3 is 0 Å². The molecule has 0 aliphatic heterocycles. The highest BCUT2D eigenvalue weighted by Crippen LogP contribution is 2.21. The van der Waals surface area contributed by atoms with Crippen LogP contribution in [0.4, 0.5) is 0 Å². The molecule has 0 saturated heterocycles. The van der Waals surface area contributed by atoms with Crippen molar-refractivity contribution in [2.45, 2.75) is 13.0 Å². The van der Waals surface area contributed by atoms with Gasteiger partial charge in [0.25, 0.3) is 5.91 Å².